The molecule has 6 nitrogen and oxygen atoms in total. The molecule has 1 aliphatic heterocycles. The Balaban J connectivity index is 1.58. The minimum absolute atomic E-state index is 0.0732. The zero-order chi connectivity index (χ0) is 18.4. The van der Waals surface area contributed by atoms with E-state index >= 15 is 0 Å². The Morgan fingerprint density at radius 3 is 3.04 bits per heavy atom. The summed E-state index contributed by atoms with van der Waals surface area (Å²) in [5.74, 6) is 0.587. The normalized spacial score (nSPS) is 17.8. The van der Waals surface area contributed by atoms with E-state index in [4.69, 9.17) is 4.74 Å². The summed E-state index contributed by atoms with van der Waals surface area (Å²) in [5, 5.41) is 2.94. The Morgan fingerprint density at radius 1 is 1.35 bits per heavy atom. The van der Waals surface area contributed by atoms with Crippen LogP contribution in [0.25, 0.3) is 5.65 Å². The van der Waals surface area contributed by atoms with E-state index in [1.807, 2.05) is 59.0 Å². The van der Waals surface area contributed by atoms with Crippen molar-refractivity contribution >= 4 is 17.5 Å². The summed E-state index contributed by atoms with van der Waals surface area (Å²) < 4.78 is 6.90. The van der Waals surface area contributed by atoms with Gasteiger partial charge in [-0.3, -0.25) is 5.32 Å². The number of amides is 2. The van der Waals surface area contributed by atoms with E-state index in [1.165, 1.54) is 0 Å². The van der Waals surface area contributed by atoms with Gasteiger partial charge in [-0.05, 0) is 37.8 Å². The number of nitrogens with one attached hydrogen (secondary N) is 1. The number of hydrogen-bond acceptors (Lipinski definition) is 3. The number of anilines is 1. The first kappa shape index (κ1) is 18.2. The van der Waals surface area contributed by atoms with Crippen molar-refractivity contribution in [1.82, 2.24) is 14.3 Å². The summed E-state index contributed by atoms with van der Waals surface area (Å²) in [4.78, 5) is 19.0. The van der Waals surface area contributed by atoms with Gasteiger partial charge in [0.25, 0.3) is 0 Å². The van der Waals surface area contributed by atoms with Crippen LogP contribution < -0.4 is 5.32 Å². The second-order valence-corrected chi connectivity index (χ2v) is 6.57. The monoisotopic (exact) mass is 354 g/mol. The van der Waals surface area contributed by atoms with Crippen molar-refractivity contribution in [3.05, 3.63) is 54.4 Å². The summed E-state index contributed by atoms with van der Waals surface area (Å²) in [7, 11) is 1.67. The minimum Gasteiger partial charge on any atom is -0.381 e. The molecule has 0 radical (unpaired) electrons. The number of fused-ring (bicyclic) bond motifs is 1. The van der Waals surface area contributed by atoms with Crippen LogP contribution in [0.2, 0.25) is 0 Å². The topological polar surface area (TPSA) is 58.9 Å². The van der Waals surface area contributed by atoms with E-state index in [9.17, 15) is 4.79 Å². The molecule has 0 aromatic carbocycles. The lowest BCUT2D eigenvalue weighted by Gasteiger charge is -2.23. The largest absolute Gasteiger partial charge is 0.381 e. The van der Waals surface area contributed by atoms with E-state index in [2.05, 4.69) is 16.4 Å². The molecule has 3 heterocycles. The van der Waals surface area contributed by atoms with E-state index in [1.54, 1.807) is 7.11 Å². The smallest absolute Gasteiger partial charge is 0.323 e. The van der Waals surface area contributed by atoms with Crippen molar-refractivity contribution in [2.75, 3.05) is 25.6 Å². The molecule has 1 fully saturated rings. The van der Waals surface area contributed by atoms with Gasteiger partial charge in [-0.2, -0.15) is 0 Å². The van der Waals surface area contributed by atoms with Crippen LogP contribution in [0.15, 0.2) is 48.8 Å². The molecule has 0 bridgehead atoms. The third kappa shape index (κ3) is 4.52. The van der Waals surface area contributed by atoms with Gasteiger partial charge in [0.2, 0.25) is 0 Å². The second-order valence-electron chi connectivity index (χ2n) is 6.57. The van der Waals surface area contributed by atoms with E-state index in [0.717, 1.165) is 37.0 Å². The van der Waals surface area contributed by atoms with Gasteiger partial charge in [0, 0.05) is 25.9 Å². The molecule has 6 heteroatoms. The van der Waals surface area contributed by atoms with Gasteiger partial charge in [0.05, 0.1) is 12.8 Å². The standard InChI is InChI=1S/C20H26N4O2/c1-16-10-11-19-21-18(15-23(19)14-16)22-20(25)24-12-7-9-17(24)8-5-3-4-6-13-26-2/h3-6,10-11,14-15,17H,7-9,12-13H2,1-2H3,(H,22,25)/b5-3-,6-4-. The molecule has 0 aliphatic carbocycles. The van der Waals surface area contributed by atoms with E-state index < -0.39 is 0 Å². The number of aryl methyl sites for hydroxylation is 1. The zero-order valence-corrected chi connectivity index (χ0v) is 15.4. The Bertz CT molecular complexity index is 809. The van der Waals surface area contributed by atoms with Gasteiger partial charge >= 0.3 is 6.03 Å². The summed E-state index contributed by atoms with van der Waals surface area (Å²) in [6.45, 7) is 3.43. The third-order valence-electron chi connectivity index (χ3n) is 4.53. The molecule has 2 aromatic rings. The number of imidazole rings is 1. The van der Waals surface area contributed by atoms with Crippen molar-refractivity contribution in [1.29, 1.82) is 0 Å². The summed E-state index contributed by atoms with van der Waals surface area (Å²) in [6.07, 6.45) is 14.8. The van der Waals surface area contributed by atoms with Crippen molar-refractivity contribution in [3.8, 4) is 0 Å². The number of ether oxygens (including phenoxy) is 1. The molecule has 1 atom stereocenters. The van der Waals surface area contributed by atoms with Gasteiger partial charge in [0.15, 0.2) is 5.82 Å². The van der Waals surface area contributed by atoms with Crippen LogP contribution in [0.5, 0.6) is 0 Å². The van der Waals surface area contributed by atoms with Crippen LogP contribution in [-0.2, 0) is 4.74 Å². The third-order valence-corrected chi connectivity index (χ3v) is 4.53. The van der Waals surface area contributed by atoms with E-state index in [0.29, 0.717) is 12.4 Å². The van der Waals surface area contributed by atoms with Crippen molar-refractivity contribution < 1.29 is 9.53 Å². The second kappa shape index (κ2) is 8.67. The molecule has 1 N–H and O–H groups in total. The number of nitrogens with zero attached hydrogens (tertiary/aromatic N) is 3. The number of pyridine rings is 1. The molecule has 2 aromatic heterocycles. The molecular weight excluding hydrogens is 328 g/mol. The molecule has 3 rings (SSSR count). The maximum Gasteiger partial charge on any atom is 0.323 e. The molecular formula is C20H26N4O2. The molecule has 1 aliphatic rings. The van der Waals surface area contributed by atoms with Crippen LogP contribution in [0, 0.1) is 6.92 Å². The van der Waals surface area contributed by atoms with Crippen molar-refractivity contribution in [2.24, 2.45) is 0 Å². The summed E-state index contributed by atoms with van der Waals surface area (Å²) in [6, 6.07) is 4.13. The maximum absolute atomic E-state index is 12.7. The fourth-order valence-electron chi connectivity index (χ4n) is 3.24. The van der Waals surface area contributed by atoms with E-state index in [-0.39, 0.29) is 12.1 Å². The maximum atomic E-state index is 12.7. The molecule has 138 valence electrons. The van der Waals surface area contributed by atoms with Crippen molar-refractivity contribution in [2.45, 2.75) is 32.2 Å². The predicted molar refractivity (Wildman–Crippen MR) is 103 cm³/mol. The van der Waals surface area contributed by atoms with Crippen LogP contribution in [0.3, 0.4) is 0 Å². The van der Waals surface area contributed by atoms with Crippen LogP contribution in [0.4, 0.5) is 10.6 Å². The molecule has 1 saturated heterocycles. The van der Waals surface area contributed by atoms with Gasteiger partial charge < -0.3 is 14.0 Å². The molecule has 1 unspecified atom stereocenters. The molecule has 0 spiro atoms. The first-order chi connectivity index (χ1) is 12.7. The number of carbonyl (C=O) groups excluding carboxylic acids is 1. The van der Waals surface area contributed by atoms with Gasteiger partial charge in [0.1, 0.15) is 5.65 Å². The number of rotatable bonds is 6. The van der Waals surface area contributed by atoms with Gasteiger partial charge in [-0.15, -0.1) is 0 Å². The first-order valence-electron chi connectivity index (χ1n) is 9.01. The highest BCUT2D eigenvalue weighted by molar-refractivity contribution is 5.89. The summed E-state index contributed by atoms with van der Waals surface area (Å²) in [5.41, 5.74) is 1.98. The average molecular weight is 354 g/mol. The van der Waals surface area contributed by atoms with Gasteiger partial charge in [-0.1, -0.05) is 30.4 Å². The van der Waals surface area contributed by atoms with Gasteiger partial charge in [-0.25, -0.2) is 9.78 Å². The lowest BCUT2D eigenvalue weighted by atomic mass is 10.1. The SMILES string of the molecule is COC/C=C\C=C/CC1CCCN1C(=O)Nc1cn2cc(C)ccc2n1. The van der Waals surface area contributed by atoms with Crippen LogP contribution >= 0.6 is 0 Å². The van der Waals surface area contributed by atoms with Crippen LogP contribution in [-0.4, -0.2) is 46.6 Å². The molecule has 26 heavy (non-hydrogen) atoms. The molecule has 0 saturated carbocycles. The van der Waals surface area contributed by atoms with Crippen molar-refractivity contribution in [3.63, 3.8) is 0 Å². The lowest BCUT2D eigenvalue weighted by molar-refractivity contribution is 0.207. The number of urea groups is 1. The summed E-state index contributed by atoms with van der Waals surface area (Å²) >= 11 is 0. The quantitative estimate of drug-likeness (QED) is 0.803. The number of carbonyl (C=O) groups is 1. The minimum atomic E-state index is -0.0732. The van der Waals surface area contributed by atoms with Crippen LogP contribution in [0.1, 0.15) is 24.8 Å². The fourth-order valence-corrected chi connectivity index (χ4v) is 3.24. The number of allylic oxidation sites excluding steroid dienone is 2. The Labute approximate surface area is 154 Å². The Kier molecular flexibility index (Phi) is 6.07. The number of methoxy groups -OCH3 is 1. The average Bonchev–Trinajstić information content (AvgIpc) is 3.23. The first-order valence-corrected chi connectivity index (χ1v) is 9.01. The number of likely N-dealkylation sites (tertiary alicyclic amines) is 1. The Hall–Kier alpha value is -2.60. The number of aromatic nitrogens is 2. The predicted octanol–water partition coefficient (Wildman–Crippen LogP) is 3.79. The molecule has 2 amide bonds. The zero-order valence-electron chi connectivity index (χ0n) is 15.4. The lowest BCUT2D eigenvalue weighted by Crippen LogP contribution is -2.38. The highest BCUT2D eigenvalue weighted by Gasteiger charge is 2.28. The fraction of sp³-hybridized carbons (Fsp3) is 0.400. The highest BCUT2D eigenvalue weighted by Crippen LogP contribution is 2.22. The Morgan fingerprint density at radius 2 is 2.19 bits per heavy atom. The number of hydrogen-bond donors (Lipinski definition) is 1. The highest BCUT2D eigenvalue weighted by atomic mass is 16.5.